The van der Waals surface area contributed by atoms with Crippen LogP contribution in [0, 0.1) is 24.8 Å². The third kappa shape index (κ3) is 4.51. The van der Waals surface area contributed by atoms with E-state index >= 15 is 0 Å². The van der Waals surface area contributed by atoms with Crippen LogP contribution in [0.2, 0.25) is 0 Å². The number of nitrogens with zero attached hydrogens (tertiary/aromatic N) is 4. The molecule has 0 atom stereocenters. The van der Waals surface area contributed by atoms with Crippen LogP contribution in [0.1, 0.15) is 4.11 Å². The average Bonchev–Trinajstić information content (AvgIpc) is 3.73. The van der Waals surface area contributed by atoms with Gasteiger partial charge in [0.1, 0.15) is 11.2 Å². The Kier molecular flexibility index (Phi) is 5.90. The number of hydrogen-bond donors (Lipinski definition) is 0. The molecule has 5 aromatic carbocycles. The Morgan fingerprint density at radius 1 is 0.800 bits per heavy atom. The summed E-state index contributed by atoms with van der Waals surface area (Å²) in [5.74, 6) is 0. The average molecular weight is 700 g/mol. The first-order valence-corrected chi connectivity index (χ1v) is 12.5. The number of fused-ring (bicyclic) bond motifs is 6. The number of imidazole rings is 2. The molecule has 8 aromatic rings. The van der Waals surface area contributed by atoms with Crippen molar-refractivity contribution >= 4 is 43.7 Å². The fourth-order valence-electron chi connectivity index (χ4n) is 4.92. The third-order valence-electron chi connectivity index (χ3n) is 6.76. The second kappa shape index (κ2) is 10.6. The summed E-state index contributed by atoms with van der Waals surface area (Å²) in [5, 5.41) is 4.66. The molecule has 6 heteroatoms. The summed E-state index contributed by atoms with van der Waals surface area (Å²) < 4.78 is 34.6. The number of aryl methyl sites for hydroxylation is 2. The maximum Gasteiger partial charge on any atom is 0.242 e. The Morgan fingerprint density at radius 3 is 2.23 bits per heavy atom. The van der Waals surface area contributed by atoms with Gasteiger partial charge in [0.05, 0.1) is 29.2 Å². The van der Waals surface area contributed by atoms with Crippen molar-refractivity contribution in [3.63, 3.8) is 0 Å². The summed E-state index contributed by atoms with van der Waals surface area (Å²) in [5.41, 5.74) is 5.58. The first-order valence-electron chi connectivity index (χ1n) is 14.0. The van der Waals surface area contributed by atoms with Crippen molar-refractivity contribution in [3.05, 3.63) is 134 Å². The fourth-order valence-corrected chi connectivity index (χ4v) is 4.92. The van der Waals surface area contributed by atoms with Crippen molar-refractivity contribution in [2.24, 2.45) is 14.0 Å². The van der Waals surface area contributed by atoms with Crippen LogP contribution < -0.4 is 9.13 Å². The van der Waals surface area contributed by atoms with Gasteiger partial charge in [0.15, 0.2) is 0 Å². The van der Waals surface area contributed by atoms with E-state index in [0.29, 0.717) is 0 Å². The maximum atomic E-state index is 7.19. The van der Waals surface area contributed by atoms with Gasteiger partial charge in [0.25, 0.3) is 0 Å². The minimum atomic E-state index is -2.18. The van der Waals surface area contributed by atoms with Gasteiger partial charge in [-0.25, -0.2) is 0 Å². The van der Waals surface area contributed by atoms with Crippen molar-refractivity contribution in [1.82, 2.24) is 9.13 Å². The molecule has 3 heterocycles. The molecule has 0 aliphatic carbocycles. The first-order chi connectivity index (χ1) is 20.4. The molecule has 197 valence electrons. The number of rotatable bonds is 2. The molecule has 0 spiro atoms. The zero-order valence-electron chi connectivity index (χ0n) is 24.4. The van der Waals surface area contributed by atoms with E-state index < -0.39 is 6.98 Å². The number of furan rings is 1. The van der Waals surface area contributed by atoms with E-state index in [9.17, 15) is 0 Å². The van der Waals surface area contributed by atoms with Gasteiger partial charge in [0, 0.05) is 43.3 Å². The number of aromatic nitrogens is 4. The second-order valence-corrected chi connectivity index (χ2v) is 9.24. The molecule has 0 saturated carbocycles. The van der Waals surface area contributed by atoms with E-state index in [1.54, 1.807) is 16.8 Å². The Morgan fingerprint density at radius 2 is 1.52 bits per heavy atom. The van der Waals surface area contributed by atoms with Crippen molar-refractivity contribution in [1.29, 1.82) is 0 Å². The van der Waals surface area contributed by atoms with Crippen molar-refractivity contribution in [3.8, 4) is 11.4 Å². The molecule has 0 unspecified atom stereocenters. The maximum absolute atomic E-state index is 7.19. The number of para-hydroxylation sites is 2. The number of benzene rings is 5. The van der Waals surface area contributed by atoms with Crippen LogP contribution in [-0.4, -0.2) is 9.13 Å². The summed E-state index contributed by atoms with van der Waals surface area (Å²) in [4.78, 5) is 0. The summed E-state index contributed by atoms with van der Waals surface area (Å²) in [6.07, 6.45) is 9.19. The molecule has 3 aromatic heterocycles. The van der Waals surface area contributed by atoms with Gasteiger partial charge in [-0.15, -0.1) is 0 Å². The normalized spacial score (nSPS) is 12.5. The van der Waals surface area contributed by atoms with Crippen LogP contribution in [0.3, 0.4) is 0 Å². The van der Waals surface area contributed by atoms with Crippen LogP contribution in [0.5, 0.6) is 0 Å². The molecule has 0 aliphatic heterocycles. The first kappa shape index (κ1) is 22.3. The van der Waals surface area contributed by atoms with Crippen LogP contribution in [-0.2, 0) is 34.1 Å². The zero-order valence-corrected chi connectivity index (χ0v) is 23.8. The molecule has 40 heavy (non-hydrogen) atoms. The third-order valence-corrected chi connectivity index (χ3v) is 6.76. The Balaban J connectivity index is 0.000000176. The predicted molar refractivity (Wildman–Crippen MR) is 152 cm³/mol. The van der Waals surface area contributed by atoms with Gasteiger partial charge >= 0.3 is 0 Å². The summed E-state index contributed by atoms with van der Waals surface area (Å²) >= 11 is 0. The van der Waals surface area contributed by atoms with Crippen LogP contribution in [0.25, 0.3) is 55.1 Å². The van der Waals surface area contributed by atoms with Gasteiger partial charge < -0.3 is 22.7 Å². The zero-order chi connectivity index (χ0) is 28.8. The van der Waals surface area contributed by atoms with Crippen molar-refractivity contribution in [2.75, 3.05) is 0 Å². The van der Waals surface area contributed by atoms with Crippen LogP contribution in [0.4, 0.5) is 0 Å². The summed E-state index contributed by atoms with van der Waals surface area (Å²) in [6.45, 7) is -2.18. The number of hydrogen-bond acceptors (Lipinski definition) is 1. The molecule has 0 aliphatic rings. The topological polar surface area (TPSA) is 30.8 Å². The van der Waals surface area contributed by atoms with E-state index in [2.05, 4.69) is 73.3 Å². The van der Waals surface area contributed by atoms with Gasteiger partial charge in [-0.2, -0.15) is 60.7 Å². The fraction of sp³-hybridized carbons (Fsp3) is 0.0588. The summed E-state index contributed by atoms with van der Waals surface area (Å²) in [6, 6.07) is 38.5. The smallest absolute Gasteiger partial charge is 0.242 e. The van der Waals surface area contributed by atoms with Gasteiger partial charge in [-0.1, -0.05) is 47.8 Å². The molecule has 0 fully saturated rings. The Hall–Kier alpha value is -4.51. The van der Waals surface area contributed by atoms with E-state index in [1.165, 1.54) is 17.0 Å². The minimum absolute atomic E-state index is 0. The second-order valence-electron chi connectivity index (χ2n) is 9.24. The molecular formula is C34H24IrN4O-2. The van der Waals surface area contributed by atoms with Crippen LogP contribution in [0.15, 0.2) is 114 Å². The minimum Gasteiger partial charge on any atom is -0.462 e. The Bertz CT molecular complexity index is 2200. The Labute approximate surface area is 249 Å². The van der Waals surface area contributed by atoms with E-state index in [0.717, 1.165) is 48.9 Å². The molecule has 0 saturated heterocycles. The van der Waals surface area contributed by atoms with E-state index in [-0.39, 0.29) is 20.1 Å². The van der Waals surface area contributed by atoms with Crippen LogP contribution >= 0.6 is 0 Å². The van der Waals surface area contributed by atoms with Crippen molar-refractivity contribution < 1.29 is 37.8 Å². The largest absolute Gasteiger partial charge is 0.462 e. The van der Waals surface area contributed by atoms with Gasteiger partial charge in [-0.05, 0) is 22.9 Å². The van der Waals surface area contributed by atoms with Gasteiger partial charge in [-0.3, -0.25) is 0 Å². The molecule has 1 radical (unpaired) electrons. The standard InChI is InChI=1S/C24H15N2O.C10H9N2.Ir/c1-25-15-26(18-9-3-2-4-10-18)23-21(25)12-11-19-20-13-16-7-5-6-8-17(16)14-22(20)27-24(19)23;1-11-7-8-12(9-11)10-5-3-2-4-6-10;/h2-9,11-14H,1H3;2-5,7-8H,1H3;/q2*-1;/i;1D3;. The molecule has 0 N–H and O–H groups in total. The van der Waals surface area contributed by atoms with Crippen molar-refractivity contribution in [2.45, 2.75) is 0 Å². The molecular weight excluding hydrogens is 673 g/mol. The SMILES string of the molecule is C[n+]1[c-]n(-c2[c-]cccc2)c2c3oc4cc5ccccc5cc4c3ccc21.[2H]C([2H])([2H])[n+]1[c-]n(-c2[c-]cccc2)cc1.[Ir]. The molecule has 0 bridgehead atoms. The monoisotopic (exact) mass is 700 g/mol. The van der Waals surface area contributed by atoms with E-state index in [4.69, 9.17) is 8.53 Å². The van der Waals surface area contributed by atoms with Gasteiger partial charge in [0.2, 0.25) is 12.7 Å². The molecule has 5 nitrogen and oxygen atoms in total. The summed E-state index contributed by atoms with van der Waals surface area (Å²) in [7, 11) is 2.00. The predicted octanol–water partition coefficient (Wildman–Crippen LogP) is 6.01. The molecule has 8 rings (SSSR count). The van der Waals surface area contributed by atoms with E-state index in [1.807, 2.05) is 58.6 Å². The quantitative estimate of drug-likeness (QED) is 0.161. The molecule has 0 amide bonds.